The van der Waals surface area contributed by atoms with Crippen LogP contribution in [0.15, 0.2) is 60.8 Å². The lowest BCUT2D eigenvalue weighted by Crippen LogP contribution is -2.35. The molecule has 0 amide bonds. The molecule has 4 rings (SSSR count). The third-order valence-electron chi connectivity index (χ3n) is 5.22. The maximum Gasteiger partial charge on any atom is 0.573 e. The second-order valence-electron chi connectivity index (χ2n) is 7.25. The number of epoxide rings is 1. The van der Waals surface area contributed by atoms with Crippen LogP contribution >= 0.6 is 0 Å². The van der Waals surface area contributed by atoms with Gasteiger partial charge in [0.25, 0.3) is 0 Å². The summed E-state index contributed by atoms with van der Waals surface area (Å²) in [5.74, 6) is -2.07. The second kappa shape index (κ2) is 9.05. The van der Waals surface area contributed by atoms with Gasteiger partial charge in [0, 0.05) is 23.4 Å². The summed E-state index contributed by atoms with van der Waals surface area (Å²) in [5, 5.41) is 0. The van der Waals surface area contributed by atoms with Crippen LogP contribution in [0.1, 0.15) is 32.0 Å². The smallest absolute Gasteiger partial charge is 0.406 e. The molecule has 0 radical (unpaired) electrons. The summed E-state index contributed by atoms with van der Waals surface area (Å²) in [6.45, 7) is 5.10. The van der Waals surface area contributed by atoms with Crippen LogP contribution in [0.5, 0.6) is 5.75 Å². The van der Waals surface area contributed by atoms with Crippen LogP contribution in [0.3, 0.4) is 0 Å². The Labute approximate surface area is 187 Å². The van der Waals surface area contributed by atoms with Crippen LogP contribution in [0.25, 0.3) is 11.1 Å². The van der Waals surface area contributed by atoms with Gasteiger partial charge in [-0.05, 0) is 36.8 Å². The lowest BCUT2D eigenvalue weighted by atomic mass is 9.82. The summed E-state index contributed by atoms with van der Waals surface area (Å²) < 4.78 is 89.2. The van der Waals surface area contributed by atoms with Crippen LogP contribution in [0, 0.1) is 11.6 Å². The van der Waals surface area contributed by atoms with E-state index in [9.17, 15) is 22.0 Å². The van der Waals surface area contributed by atoms with E-state index in [1.165, 1.54) is 37.4 Å². The highest BCUT2D eigenvalue weighted by Gasteiger charge is 2.64. The zero-order valence-corrected chi connectivity index (χ0v) is 18.0. The van der Waals surface area contributed by atoms with E-state index in [0.717, 1.165) is 24.3 Å². The molecule has 0 bridgehead atoms. The van der Waals surface area contributed by atoms with E-state index < -0.39 is 29.3 Å². The number of halogens is 6. The molecule has 0 N–H and O–H groups in total. The maximum atomic E-state index is 15.8. The highest BCUT2D eigenvalue weighted by Crippen LogP contribution is 2.55. The summed E-state index contributed by atoms with van der Waals surface area (Å²) >= 11 is 0. The number of nitrogens with zero attached hydrogens (tertiary/aromatic N) is 1. The zero-order chi connectivity index (χ0) is 24.4. The average Bonchev–Trinajstić information content (AvgIpc) is 3.57. The maximum absolute atomic E-state index is 15.8. The molecule has 2 aromatic carbocycles. The van der Waals surface area contributed by atoms with E-state index >= 15 is 4.39 Å². The van der Waals surface area contributed by atoms with Crippen LogP contribution in [0.4, 0.5) is 26.3 Å². The summed E-state index contributed by atoms with van der Waals surface area (Å²) in [4.78, 5) is 4.12. The van der Waals surface area contributed by atoms with E-state index in [1.54, 1.807) is 0 Å². The number of alkyl halides is 4. The predicted molar refractivity (Wildman–Crippen MR) is 110 cm³/mol. The van der Waals surface area contributed by atoms with Crippen molar-refractivity contribution in [2.24, 2.45) is 0 Å². The van der Waals surface area contributed by atoms with Crippen molar-refractivity contribution in [1.29, 1.82) is 0 Å². The van der Waals surface area contributed by atoms with Gasteiger partial charge in [-0.25, -0.2) is 13.2 Å². The largest absolute Gasteiger partial charge is 0.573 e. The molecular weight excluding hydrogens is 448 g/mol. The number of aromatic nitrogens is 1. The Morgan fingerprint density at radius 3 is 2.00 bits per heavy atom. The number of rotatable bonds is 5. The normalized spacial score (nSPS) is 19.2. The van der Waals surface area contributed by atoms with Crippen LogP contribution < -0.4 is 4.74 Å². The predicted octanol–water partition coefficient (Wildman–Crippen LogP) is 7.06. The number of hydrogen-bond donors (Lipinski definition) is 0. The number of hydrogen-bond acceptors (Lipinski definition) is 3. The van der Waals surface area contributed by atoms with Gasteiger partial charge in [-0.3, -0.25) is 4.98 Å². The molecule has 2 heterocycles. The first-order chi connectivity index (χ1) is 15.5. The molecule has 0 spiro atoms. The second-order valence-corrected chi connectivity index (χ2v) is 7.25. The van der Waals surface area contributed by atoms with Crippen molar-refractivity contribution in [2.75, 3.05) is 6.61 Å². The Morgan fingerprint density at radius 1 is 0.909 bits per heavy atom. The Kier molecular flexibility index (Phi) is 6.74. The summed E-state index contributed by atoms with van der Waals surface area (Å²) in [6, 6.07) is 10.9. The molecule has 1 saturated heterocycles. The van der Waals surface area contributed by atoms with Gasteiger partial charge in [0.15, 0.2) is 11.3 Å². The molecule has 1 aliphatic heterocycles. The van der Waals surface area contributed by atoms with Gasteiger partial charge in [0.2, 0.25) is 0 Å². The molecule has 1 aliphatic rings. The minimum absolute atomic E-state index is 0.0329. The van der Waals surface area contributed by atoms with Crippen molar-refractivity contribution >= 4 is 0 Å². The van der Waals surface area contributed by atoms with E-state index in [0.29, 0.717) is 17.2 Å². The average molecular weight is 469 g/mol. The molecule has 1 fully saturated rings. The molecule has 2 atom stereocenters. The number of pyridine rings is 1. The first-order valence-electron chi connectivity index (χ1n) is 10.1. The topological polar surface area (TPSA) is 34.6 Å². The van der Waals surface area contributed by atoms with Gasteiger partial charge < -0.3 is 9.47 Å². The van der Waals surface area contributed by atoms with Gasteiger partial charge in [-0.2, -0.15) is 0 Å². The van der Waals surface area contributed by atoms with Gasteiger partial charge in [0.1, 0.15) is 17.4 Å². The first kappa shape index (κ1) is 24.6. The Balaban J connectivity index is 0.00000149. The van der Waals surface area contributed by atoms with Gasteiger partial charge in [-0.15, -0.1) is 13.2 Å². The van der Waals surface area contributed by atoms with Crippen molar-refractivity contribution in [2.45, 2.75) is 38.4 Å². The summed E-state index contributed by atoms with van der Waals surface area (Å²) in [5.41, 5.74) is -2.93. The minimum Gasteiger partial charge on any atom is -0.406 e. The first-order valence-corrected chi connectivity index (χ1v) is 10.1. The molecule has 3 nitrogen and oxygen atoms in total. The monoisotopic (exact) mass is 469 g/mol. The molecule has 9 heteroatoms. The molecule has 33 heavy (non-hydrogen) atoms. The van der Waals surface area contributed by atoms with E-state index in [-0.39, 0.29) is 23.6 Å². The molecule has 176 valence electrons. The van der Waals surface area contributed by atoms with Gasteiger partial charge in [0.05, 0.1) is 12.3 Å². The molecule has 0 aliphatic carbocycles. The molecule has 0 saturated carbocycles. The van der Waals surface area contributed by atoms with E-state index in [1.807, 2.05) is 13.8 Å². The van der Waals surface area contributed by atoms with Crippen LogP contribution in [0.2, 0.25) is 0 Å². The Morgan fingerprint density at radius 2 is 1.52 bits per heavy atom. The molecular formula is C24H21F6NO2. The highest BCUT2D eigenvalue weighted by molar-refractivity contribution is 5.63. The van der Waals surface area contributed by atoms with Crippen molar-refractivity contribution in [3.8, 4) is 16.9 Å². The van der Waals surface area contributed by atoms with Crippen molar-refractivity contribution in [3.05, 3.63) is 83.7 Å². The minimum atomic E-state index is -4.79. The Bertz CT molecular complexity index is 1090. The fraction of sp³-hybridized carbons (Fsp3) is 0.292. The highest BCUT2D eigenvalue weighted by atomic mass is 19.4. The number of ether oxygens (including phenoxy) is 2. The standard InChI is InChI=1S/C22H15F6NO2.C2H6/c1-20(25,21(12-30-21)17-8-5-15(23)10-18(17)24)19-9-4-14(11-29-19)13-2-6-16(7-3-13)31-22(26,27)28;1-2/h2-11H,12H2,1H3;1-2H3. The van der Waals surface area contributed by atoms with Crippen molar-refractivity contribution in [3.63, 3.8) is 0 Å². The third kappa shape index (κ3) is 4.98. The lowest BCUT2D eigenvalue weighted by molar-refractivity contribution is -0.274. The summed E-state index contributed by atoms with van der Waals surface area (Å²) in [7, 11) is 0. The van der Waals surface area contributed by atoms with E-state index in [4.69, 9.17) is 4.74 Å². The quantitative estimate of drug-likeness (QED) is 0.296. The number of benzene rings is 2. The van der Waals surface area contributed by atoms with Crippen LogP contribution in [-0.4, -0.2) is 18.0 Å². The van der Waals surface area contributed by atoms with Gasteiger partial charge >= 0.3 is 6.36 Å². The third-order valence-corrected chi connectivity index (χ3v) is 5.22. The lowest BCUT2D eigenvalue weighted by Gasteiger charge is -2.28. The van der Waals surface area contributed by atoms with Crippen molar-refractivity contribution in [1.82, 2.24) is 4.98 Å². The summed E-state index contributed by atoms with van der Waals surface area (Å²) in [6.07, 6.45) is -3.44. The van der Waals surface area contributed by atoms with E-state index in [2.05, 4.69) is 9.72 Å². The fourth-order valence-corrected chi connectivity index (χ4v) is 3.47. The van der Waals surface area contributed by atoms with Gasteiger partial charge in [-0.1, -0.05) is 38.1 Å². The SMILES string of the molecule is CC.CC(F)(c1ccc(-c2ccc(OC(F)(F)F)cc2)cn1)C1(c2ccc(F)cc2F)CO1. The molecule has 3 aromatic rings. The molecule has 2 unspecified atom stereocenters. The Hall–Kier alpha value is -3.07. The zero-order valence-electron chi connectivity index (χ0n) is 18.0. The van der Waals surface area contributed by atoms with Crippen LogP contribution in [-0.2, 0) is 16.0 Å². The van der Waals surface area contributed by atoms with Crippen molar-refractivity contribution < 1.29 is 35.8 Å². The fourth-order valence-electron chi connectivity index (χ4n) is 3.47. The molecule has 1 aromatic heterocycles.